The Balaban J connectivity index is 1.32. The van der Waals surface area contributed by atoms with Crippen molar-refractivity contribution in [2.24, 2.45) is 0 Å². The van der Waals surface area contributed by atoms with E-state index >= 15 is 0 Å². The van der Waals surface area contributed by atoms with E-state index in [1.54, 1.807) is 12.4 Å². The lowest BCUT2D eigenvalue weighted by Crippen LogP contribution is -2.48. The van der Waals surface area contributed by atoms with E-state index in [4.69, 9.17) is 4.42 Å². The van der Waals surface area contributed by atoms with E-state index < -0.39 is 0 Å². The maximum absolute atomic E-state index is 12.7. The second kappa shape index (κ2) is 7.43. The van der Waals surface area contributed by atoms with Gasteiger partial charge in [-0.3, -0.25) is 14.7 Å². The van der Waals surface area contributed by atoms with E-state index in [1.165, 1.54) is 6.26 Å². The van der Waals surface area contributed by atoms with E-state index in [0.717, 1.165) is 31.7 Å². The number of hydrogen-bond donors (Lipinski definition) is 1. The number of likely N-dealkylation sites (tertiary alicyclic amines) is 1. The summed E-state index contributed by atoms with van der Waals surface area (Å²) >= 11 is 0. The van der Waals surface area contributed by atoms with Crippen LogP contribution in [0.4, 0.5) is 5.69 Å². The molecular formula is C18H23N5O3. The van der Waals surface area contributed by atoms with Gasteiger partial charge in [0.15, 0.2) is 5.69 Å². The van der Waals surface area contributed by atoms with Crippen LogP contribution in [0.15, 0.2) is 35.2 Å². The molecule has 0 bridgehead atoms. The molecule has 2 aromatic heterocycles. The van der Waals surface area contributed by atoms with Crippen LogP contribution in [-0.2, 0) is 6.54 Å². The molecule has 8 heteroatoms. The maximum atomic E-state index is 12.7. The number of oxazole rings is 1. The minimum Gasteiger partial charge on any atom is -0.447 e. The molecule has 0 saturated carbocycles. The molecule has 0 spiro atoms. The molecule has 2 aliphatic heterocycles. The smallest absolute Gasteiger partial charge is 0.275 e. The first kappa shape index (κ1) is 17.0. The normalized spacial score (nSPS) is 21.3. The minimum atomic E-state index is -0.275. The number of aliphatic hydroxyl groups excluding tert-OH is 1. The fraction of sp³-hybridized carbons (Fsp3) is 0.500. The second-order valence-electron chi connectivity index (χ2n) is 6.79. The van der Waals surface area contributed by atoms with E-state index in [1.807, 2.05) is 17.0 Å². The zero-order chi connectivity index (χ0) is 17.9. The molecule has 2 fully saturated rings. The lowest BCUT2D eigenvalue weighted by Gasteiger charge is -2.35. The van der Waals surface area contributed by atoms with Gasteiger partial charge in [0.1, 0.15) is 6.26 Å². The number of nitrogens with zero attached hydrogens (tertiary/aromatic N) is 5. The molecule has 26 heavy (non-hydrogen) atoms. The maximum Gasteiger partial charge on any atom is 0.275 e. The third kappa shape index (κ3) is 3.71. The number of anilines is 1. The van der Waals surface area contributed by atoms with E-state index in [-0.39, 0.29) is 12.0 Å². The summed E-state index contributed by atoms with van der Waals surface area (Å²) < 4.78 is 5.46. The quantitative estimate of drug-likeness (QED) is 0.857. The zero-order valence-electron chi connectivity index (χ0n) is 14.6. The van der Waals surface area contributed by atoms with Gasteiger partial charge in [-0.2, -0.15) is 0 Å². The summed E-state index contributed by atoms with van der Waals surface area (Å²) in [5, 5.41) is 9.58. The summed E-state index contributed by atoms with van der Waals surface area (Å²) in [4.78, 5) is 27.2. The van der Waals surface area contributed by atoms with E-state index in [0.29, 0.717) is 37.8 Å². The van der Waals surface area contributed by atoms with Gasteiger partial charge in [-0.1, -0.05) is 0 Å². The van der Waals surface area contributed by atoms with Crippen molar-refractivity contribution >= 4 is 11.6 Å². The van der Waals surface area contributed by atoms with Crippen molar-refractivity contribution < 1.29 is 14.3 Å². The standard InChI is InChI=1S/C18H23N5O3/c24-15-3-6-21(11-15)12-17-20-16(13-26-17)18(25)23-9-7-22(8-10-23)14-1-4-19-5-2-14/h1-2,4-5,13,15,24H,3,6-12H2/t15-/m0/s1. The predicted octanol–water partition coefficient (Wildman–Crippen LogP) is 0.599. The van der Waals surface area contributed by atoms with Gasteiger partial charge in [-0.15, -0.1) is 0 Å². The van der Waals surface area contributed by atoms with Gasteiger partial charge in [0.25, 0.3) is 5.91 Å². The number of amides is 1. The highest BCUT2D eigenvalue weighted by Crippen LogP contribution is 2.17. The Morgan fingerprint density at radius 2 is 1.96 bits per heavy atom. The van der Waals surface area contributed by atoms with Crippen LogP contribution in [0.5, 0.6) is 0 Å². The number of carbonyl (C=O) groups excluding carboxylic acids is 1. The number of β-amino-alcohol motifs (C(OH)–C–C–N with tert-alkyl or cyclic N) is 1. The van der Waals surface area contributed by atoms with Crippen molar-refractivity contribution in [1.82, 2.24) is 19.8 Å². The highest BCUT2D eigenvalue weighted by atomic mass is 16.3. The molecule has 2 saturated heterocycles. The highest BCUT2D eigenvalue weighted by molar-refractivity contribution is 5.92. The number of aliphatic hydroxyl groups is 1. The van der Waals surface area contributed by atoms with Crippen molar-refractivity contribution in [3.8, 4) is 0 Å². The van der Waals surface area contributed by atoms with E-state index in [9.17, 15) is 9.90 Å². The summed E-state index contributed by atoms with van der Waals surface area (Å²) in [7, 11) is 0. The van der Waals surface area contributed by atoms with Crippen LogP contribution in [0.2, 0.25) is 0 Å². The van der Waals surface area contributed by atoms with Crippen LogP contribution in [0.3, 0.4) is 0 Å². The molecule has 8 nitrogen and oxygen atoms in total. The van der Waals surface area contributed by atoms with Gasteiger partial charge in [0, 0.05) is 57.3 Å². The van der Waals surface area contributed by atoms with Crippen molar-refractivity contribution in [1.29, 1.82) is 0 Å². The first-order valence-corrected chi connectivity index (χ1v) is 8.98. The fourth-order valence-electron chi connectivity index (χ4n) is 3.51. The van der Waals surface area contributed by atoms with Gasteiger partial charge in [-0.05, 0) is 18.6 Å². The first-order valence-electron chi connectivity index (χ1n) is 8.98. The second-order valence-corrected chi connectivity index (χ2v) is 6.79. The number of carbonyl (C=O) groups is 1. The molecule has 4 rings (SSSR count). The first-order chi connectivity index (χ1) is 12.7. The predicted molar refractivity (Wildman–Crippen MR) is 94.8 cm³/mol. The molecule has 1 N–H and O–H groups in total. The van der Waals surface area contributed by atoms with Crippen LogP contribution >= 0.6 is 0 Å². The average Bonchev–Trinajstić information content (AvgIpc) is 3.31. The Bertz CT molecular complexity index is 742. The number of rotatable bonds is 4. The molecule has 138 valence electrons. The monoisotopic (exact) mass is 357 g/mol. The largest absolute Gasteiger partial charge is 0.447 e. The summed E-state index contributed by atoms with van der Waals surface area (Å²) in [6.45, 7) is 4.86. The Kier molecular flexibility index (Phi) is 4.85. The third-order valence-electron chi connectivity index (χ3n) is 4.97. The molecule has 0 radical (unpaired) electrons. The molecule has 4 heterocycles. The van der Waals surface area contributed by atoms with Gasteiger partial charge in [-0.25, -0.2) is 4.98 Å². The van der Waals surface area contributed by atoms with Crippen molar-refractivity contribution in [2.75, 3.05) is 44.2 Å². The highest BCUT2D eigenvalue weighted by Gasteiger charge is 2.26. The van der Waals surface area contributed by atoms with Crippen LogP contribution in [0, 0.1) is 0 Å². The number of pyridine rings is 1. The molecule has 2 aliphatic rings. The van der Waals surface area contributed by atoms with Gasteiger partial charge in [0.2, 0.25) is 5.89 Å². The van der Waals surface area contributed by atoms with Crippen LogP contribution in [-0.4, -0.2) is 76.2 Å². The molecule has 0 aromatic carbocycles. The van der Waals surface area contributed by atoms with Crippen LogP contribution < -0.4 is 4.90 Å². The number of aromatic nitrogens is 2. The zero-order valence-corrected chi connectivity index (χ0v) is 14.6. The molecular weight excluding hydrogens is 334 g/mol. The third-order valence-corrected chi connectivity index (χ3v) is 4.97. The summed E-state index contributed by atoms with van der Waals surface area (Å²) in [6.07, 6.45) is 5.50. The topological polar surface area (TPSA) is 85.9 Å². The van der Waals surface area contributed by atoms with E-state index in [2.05, 4.69) is 19.8 Å². The molecule has 0 unspecified atom stereocenters. The SMILES string of the molecule is O=C(c1coc(CN2CC[C@H](O)C2)n1)N1CCN(c2ccncc2)CC1. The average molecular weight is 357 g/mol. The summed E-state index contributed by atoms with van der Waals surface area (Å²) in [5.74, 6) is 0.439. The Morgan fingerprint density at radius 1 is 1.19 bits per heavy atom. The Morgan fingerprint density at radius 3 is 2.65 bits per heavy atom. The summed E-state index contributed by atoms with van der Waals surface area (Å²) in [6, 6.07) is 3.97. The Labute approximate surface area is 152 Å². The van der Waals surface area contributed by atoms with Crippen molar-refractivity contribution in [2.45, 2.75) is 19.1 Å². The minimum absolute atomic E-state index is 0.0872. The van der Waals surface area contributed by atoms with Crippen LogP contribution in [0.25, 0.3) is 0 Å². The molecule has 1 atom stereocenters. The van der Waals surface area contributed by atoms with Crippen molar-refractivity contribution in [3.63, 3.8) is 0 Å². The molecule has 0 aliphatic carbocycles. The molecule has 2 aromatic rings. The van der Waals surface area contributed by atoms with Gasteiger partial charge < -0.3 is 19.3 Å². The van der Waals surface area contributed by atoms with Crippen LogP contribution in [0.1, 0.15) is 22.8 Å². The fourth-order valence-corrected chi connectivity index (χ4v) is 3.51. The number of hydrogen-bond acceptors (Lipinski definition) is 7. The lowest BCUT2D eigenvalue weighted by atomic mass is 10.2. The van der Waals surface area contributed by atoms with Crippen molar-refractivity contribution in [3.05, 3.63) is 42.4 Å². The van der Waals surface area contributed by atoms with Gasteiger partial charge in [0.05, 0.1) is 12.6 Å². The number of piperazine rings is 1. The summed E-state index contributed by atoms with van der Waals surface area (Å²) in [5.41, 5.74) is 1.49. The van der Waals surface area contributed by atoms with Gasteiger partial charge >= 0.3 is 0 Å². The lowest BCUT2D eigenvalue weighted by molar-refractivity contribution is 0.0740. The molecule has 1 amide bonds. The Hall–Kier alpha value is -2.45.